The molecule has 2 unspecified atom stereocenters. The summed E-state index contributed by atoms with van der Waals surface area (Å²) in [7, 11) is 1.52. The highest BCUT2D eigenvalue weighted by Gasteiger charge is 2.50. The molecule has 15 heteroatoms. The van der Waals surface area contributed by atoms with Crippen LogP contribution in [0.1, 0.15) is 186 Å². The number of nitrogens with one attached hydrogen (secondary N) is 2. The molecule has 14 nitrogen and oxygen atoms in total. The zero-order valence-corrected chi connectivity index (χ0v) is 48.5. The number of hydrogen-bond donors (Lipinski definition) is 2. The van der Waals surface area contributed by atoms with Gasteiger partial charge in [0.05, 0.1) is 20.8 Å². The SMILES string of the molecule is [C-]#[N+]CCOP(O[C@@H]1C(CCCCCCCNC(=O)CCCCCCCCCCCCCCC)[C@H](n2ccc(=O)[nH]c2=O)O[C@@H]1COC(c1ccccc1)(c1ccc(OC)cc1)c1ccc(OC)cc1)N(C(C)C)C(C)C. The predicted molar refractivity (Wildman–Crippen MR) is 309 cm³/mol. The number of nitrogens with zero attached hydrogens (tertiary/aromatic N) is 3. The van der Waals surface area contributed by atoms with E-state index < -0.39 is 43.8 Å². The molecule has 1 aliphatic rings. The van der Waals surface area contributed by atoms with Gasteiger partial charge in [-0.3, -0.25) is 19.1 Å². The third-order valence-corrected chi connectivity index (χ3v) is 16.8. The molecule has 0 aliphatic carbocycles. The molecule has 1 fully saturated rings. The third kappa shape index (κ3) is 19.8. The first kappa shape index (κ1) is 63.0. The maximum Gasteiger partial charge on any atom is 0.330 e. The highest BCUT2D eigenvalue weighted by molar-refractivity contribution is 7.44. The van der Waals surface area contributed by atoms with Gasteiger partial charge in [-0.15, -0.1) is 0 Å². The fourth-order valence-electron chi connectivity index (χ4n) is 10.6. The molecule has 0 saturated carbocycles. The summed E-state index contributed by atoms with van der Waals surface area (Å²) >= 11 is 0. The van der Waals surface area contributed by atoms with Crippen molar-refractivity contribution in [3.63, 3.8) is 0 Å². The minimum atomic E-state index is -1.76. The van der Waals surface area contributed by atoms with Gasteiger partial charge in [-0.05, 0) is 87.9 Å². The summed E-state index contributed by atoms with van der Waals surface area (Å²) in [4.78, 5) is 45.0. The highest BCUT2D eigenvalue weighted by atomic mass is 31.2. The second kappa shape index (κ2) is 34.9. The zero-order valence-electron chi connectivity index (χ0n) is 47.6. The van der Waals surface area contributed by atoms with Crippen LogP contribution in [0.15, 0.2) is 101 Å². The van der Waals surface area contributed by atoms with Crippen molar-refractivity contribution in [2.45, 2.75) is 199 Å². The van der Waals surface area contributed by atoms with Gasteiger partial charge in [0.2, 0.25) is 12.5 Å². The number of aromatic amines is 1. The van der Waals surface area contributed by atoms with Crippen LogP contribution in [-0.2, 0) is 28.9 Å². The number of aromatic nitrogens is 2. The molecule has 4 aromatic rings. The summed E-state index contributed by atoms with van der Waals surface area (Å²) in [5.41, 5.74) is 0.305. The lowest BCUT2D eigenvalue weighted by atomic mass is 9.80. The van der Waals surface area contributed by atoms with Crippen LogP contribution in [0, 0.1) is 12.5 Å². The largest absolute Gasteiger partial charge is 0.497 e. The summed E-state index contributed by atoms with van der Waals surface area (Å²) < 4.78 is 43.4. The summed E-state index contributed by atoms with van der Waals surface area (Å²) in [5.74, 6) is 1.15. The molecule has 0 spiro atoms. The topological polar surface area (TPSA) is 147 Å². The maximum atomic E-state index is 13.8. The Hall–Kier alpha value is -4.87. The van der Waals surface area contributed by atoms with E-state index in [0.29, 0.717) is 30.9 Å². The molecule has 0 bridgehead atoms. The standard InChI is InChI=1S/C62H92N5O9P/c1-9-10-11-12-13-14-15-16-17-18-19-22-28-33-57(68)64-43-29-23-20-21-27-32-55-59(76-77(74-46-44-63-6)67(48(2)3)49(4)5)56(75-60(55)66-45-42-58(69)65-61(66)70)47-73-62(50-30-25-24-26-31-50,51-34-38-53(71-7)39-35-51)52-36-40-54(72-8)41-37-52/h24-26,30-31,34-42,45,48-49,55-56,59-60H,9-23,27-29,32-33,43-44,46-47H2,1-5,7-8H3,(H,64,68)(H,65,69,70)/t55?,56-,59-,60-,77?/m1/s1. The predicted octanol–water partition coefficient (Wildman–Crippen LogP) is 13.7. The lowest BCUT2D eigenvalue weighted by molar-refractivity contribution is -0.121. The van der Waals surface area contributed by atoms with Crippen molar-refractivity contribution in [1.29, 1.82) is 0 Å². The highest BCUT2D eigenvalue weighted by Crippen LogP contribution is 2.53. The minimum absolute atomic E-state index is 0.0163. The average molecular weight is 1080 g/mol. The molecule has 1 aromatic heterocycles. The molecule has 2 N–H and O–H groups in total. The van der Waals surface area contributed by atoms with Crippen molar-refractivity contribution in [3.8, 4) is 11.5 Å². The van der Waals surface area contributed by atoms with Gasteiger partial charge in [0.1, 0.15) is 42.1 Å². The van der Waals surface area contributed by atoms with E-state index in [2.05, 4.69) is 54.4 Å². The van der Waals surface area contributed by atoms with E-state index in [0.717, 1.165) is 61.6 Å². The summed E-state index contributed by atoms with van der Waals surface area (Å²) in [6.07, 6.45) is 21.7. The van der Waals surface area contributed by atoms with Crippen molar-refractivity contribution in [1.82, 2.24) is 19.5 Å². The van der Waals surface area contributed by atoms with Crippen LogP contribution in [0.5, 0.6) is 11.5 Å². The van der Waals surface area contributed by atoms with E-state index in [1.807, 2.05) is 78.9 Å². The molecule has 2 heterocycles. The Morgan fingerprint density at radius 2 is 1.27 bits per heavy atom. The van der Waals surface area contributed by atoms with Crippen molar-refractivity contribution < 1.29 is 32.8 Å². The Balaban J connectivity index is 1.33. The Morgan fingerprint density at radius 3 is 1.81 bits per heavy atom. The Kier molecular flexibility index (Phi) is 28.5. The zero-order chi connectivity index (χ0) is 55.3. The normalized spacial score (nSPS) is 17.0. The molecule has 1 aliphatic heterocycles. The fourth-order valence-corrected chi connectivity index (χ4v) is 12.4. The second-order valence-electron chi connectivity index (χ2n) is 21.1. The molecule has 1 amide bonds. The van der Waals surface area contributed by atoms with Gasteiger partial charge < -0.3 is 38.2 Å². The molecule has 5 atom stereocenters. The molecule has 424 valence electrons. The van der Waals surface area contributed by atoms with Crippen LogP contribution in [0.4, 0.5) is 0 Å². The Bertz CT molecular complexity index is 2350. The van der Waals surface area contributed by atoms with Gasteiger partial charge in [-0.2, -0.15) is 0 Å². The smallest absolute Gasteiger partial charge is 0.330 e. The van der Waals surface area contributed by atoms with Gasteiger partial charge in [0.15, 0.2) is 0 Å². The molecule has 0 radical (unpaired) electrons. The van der Waals surface area contributed by atoms with E-state index >= 15 is 0 Å². The molecular weight excluding hydrogens is 990 g/mol. The van der Waals surface area contributed by atoms with E-state index in [9.17, 15) is 14.4 Å². The Morgan fingerprint density at radius 1 is 0.740 bits per heavy atom. The summed E-state index contributed by atoms with van der Waals surface area (Å²) in [5, 5.41) is 3.15. The monoisotopic (exact) mass is 1080 g/mol. The number of rotatable bonds is 39. The van der Waals surface area contributed by atoms with Crippen molar-refractivity contribution >= 4 is 14.4 Å². The first-order chi connectivity index (χ1) is 37.5. The number of benzene rings is 3. The third-order valence-electron chi connectivity index (χ3n) is 14.6. The minimum Gasteiger partial charge on any atom is -0.497 e. The number of carbonyl (C=O) groups is 1. The lowest BCUT2D eigenvalue weighted by Crippen LogP contribution is -2.41. The number of carbonyl (C=O) groups excluding carboxylic acids is 1. The molecular formula is C62H92N5O9P. The van der Waals surface area contributed by atoms with Gasteiger partial charge in [0, 0.05) is 43.2 Å². The number of methoxy groups -OCH3 is 2. The van der Waals surface area contributed by atoms with Crippen molar-refractivity contribution in [2.24, 2.45) is 5.92 Å². The van der Waals surface area contributed by atoms with Gasteiger partial charge >= 0.3 is 5.69 Å². The Labute approximate surface area is 462 Å². The molecule has 77 heavy (non-hydrogen) atoms. The molecule has 5 rings (SSSR count). The van der Waals surface area contributed by atoms with Crippen LogP contribution in [0.3, 0.4) is 0 Å². The number of amides is 1. The molecule has 3 aromatic carbocycles. The van der Waals surface area contributed by atoms with E-state index in [4.69, 9.17) is 34.6 Å². The van der Waals surface area contributed by atoms with Crippen LogP contribution < -0.4 is 26.0 Å². The number of ether oxygens (including phenoxy) is 4. The van der Waals surface area contributed by atoms with E-state index in [-0.39, 0.29) is 43.7 Å². The first-order valence-corrected chi connectivity index (χ1v) is 30.0. The van der Waals surface area contributed by atoms with Gasteiger partial charge in [-0.25, -0.2) is 16.0 Å². The van der Waals surface area contributed by atoms with Crippen LogP contribution in [0.2, 0.25) is 0 Å². The van der Waals surface area contributed by atoms with E-state index in [1.54, 1.807) is 14.2 Å². The average Bonchev–Trinajstić information content (AvgIpc) is 3.77. The quantitative estimate of drug-likeness (QED) is 0.0192. The van der Waals surface area contributed by atoms with Crippen LogP contribution >= 0.6 is 8.53 Å². The second-order valence-corrected chi connectivity index (χ2v) is 22.5. The maximum absolute atomic E-state index is 13.8. The van der Waals surface area contributed by atoms with Gasteiger partial charge in [0.25, 0.3) is 14.1 Å². The lowest BCUT2D eigenvalue weighted by Gasteiger charge is -2.39. The summed E-state index contributed by atoms with van der Waals surface area (Å²) in [6.45, 7) is 19.3. The van der Waals surface area contributed by atoms with Crippen molar-refractivity contribution in [2.75, 3.05) is 40.5 Å². The van der Waals surface area contributed by atoms with Gasteiger partial charge in [-0.1, -0.05) is 164 Å². The van der Waals surface area contributed by atoms with Crippen LogP contribution in [-0.4, -0.2) is 84.9 Å². The number of H-pyrrole nitrogens is 1. The number of hydrogen-bond acceptors (Lipinski definition) is 10. The van der Waals surface area contributed by atoms with Crippen molar-refractivity contribution in [3.05, 3.63) is 140 Å². The van der Waals surface area contributed by atoms with Crippen LogP contribution in [0.25, 0.3) is 4.85 Å². The summed E-state index contributed by atoms with van der Waals surface area (Å²) in [6, 6.07) is 27.2. The van der Waals surface area contributed by atoms with E-state index in [1.165, 1.54) is 87.5 Å². The first-order valence-electron chi connectivity index (χ1n) is 28.9. The molecule has 1 saturated heterocycles. The number of unbranched alkanes of at least 4 members (excludes halogenated alkanes) is 16. The fraction of sp³-hybridized carbons (Fsp3) is 0.613.